The summed E-state index contributed by atoms with van der Waals surface area (Å²) in [4.78, 5) is 3.71. The Bertz CT molecular complexity index is 529. The van der Waals surface area contributed by atoms with E-state index in [4.69, 9.17) is 0 Å². The number of halogens is 1. The summed E-state index contributed by atoms with van der Waals surface area (Å²) >= 11 is 0. The van der Waals surface area contributed by atoms with Crippen LogP contribution in [0.4, 0.5) is 10.2 Å². The van der Waals surface area contributed by atoms with Crippen molar-refractivity contribution in [3.63, 3.8) is 0 Å². The number of anilines is 1. The molecule has 0 bridgehead atoms. The lowest BCUT2D eigenvalue weighted by Crippen LogP contribution is -2.24. The highest BCUT2D eigenvalue weighted by Gasteiger charge is 2.21. The summed E-state index contributed by atoms with van der Waals surface area (Å²) in [6.45, 7) is 2.28. The molecule has 19 heavy (non-hydrogen) atoms. The summed E-state index contributed by atoms with van der Waals surface area (Å²) in [5.41, 5.74) is -0.0503. The molecule has 0 aliphatic heterocycles. The summed E-state index contributed by atoms with van der Waals surface area (Å²) in [5, 5.41) is 13.4. The molecule has 0 saturated heterocycles. The summed E-state index contributed by atoms with van der Waals surface area (Å²) in [7, 11) is 0. The molecule has 4 heteroatoms. The number of pyridine rings is 1. The maximum Gasteiger partial charge on any atom is 0.214 e. The third kappa shape index (κ3) is 3.76. The van der Waals surface area contributed by atoms with E-state index in [0.29, 0.717) is 18.8 Å². The number of aromatic nitrogens is 1. The number of aliphatic hydroxyl groups is 1. The van der Waals surface area contributed by atoms with E-state index in [-0.39, 0.29) is 0 Å². The normalized spacial score (nSPS) is 13.8. The average molecular weight is 260 g/mol. The van der Waals surface area contributed by atoms with Gasteiger partial charge in [0.15, 0.2) is 0 Å². The Kier molecular flexibility index (Phi) is 4.12. The maximum absolute atomic E-state index is 12.9. The highest BCUT2D eigenvalue weighted by atomic mass is 19.1. The second-order valence-electron chi connectivity index (χ2n) is 4.66. The van der Waals surface area contributed by atoms with Crippen molar-refractivity contribution in [1.82, 2.24) is 4.98 Å². The molecule has 2 rings (SSSR count). The van der Waals surface area contributed by atoms with Gasteiger partial charge in [-0.15, -0.1) is 0 Å². The van der Waals surface area contributed by atoms with Crippen molar-refractivity contribution in [3.05, 3.63) is 60.0 Å². The Morgan fingerprint density at radius 3 is 2.58 bits per heavy atom. The number of nitrogens with zero attached hydrogens (tertiary/aromatic N) is 1. The van der Waals surface area contributed by atoms with Crippen LogP contribution in [-0.2, 0) is 5.60 Å². The van der Waals surface area contributed by atoms with Crippen LogP contribution in [0.5, 0.6) is 0 Å². The van der Waals surface area contributed by atoms with Crippen molar-refractivity contribution in [2.24, 2.45) is 0 Å². The first-order valence-electron chi connectivity index (χ1n) is 6.22. The van der Waals surface area contributed by atoms with Crippen molar-refractivity contribution < 1.29 is 9.50 Å². The van der Waals surface area contributed by atoms with Crippen LogP contribution in [0.15, 0.2) is 48.5 Å². The zero-order valence-electron chi connectivity index (χ0n) is 10.8. The number of hydrogen-bond donors (Lipinski definition) is 2. The number of nitrogens with one attached hydrogen (secondary N) is 1. The predicted molar refractivity (Wildman–Crippen MR) is 73.3 cm³/mol. The summed E-state index contributed by atoms with van der Waals surface area (Å²) in [6, 6.07) is 14.1. The molecule has 0 spiro atoms. The second-order valence-corrected chi connectivity index (χ2v) is 4.66. The van der Waals surface area contributed by atoms with Crippen LogP contribution in [0.2, 0.25) is 0 Å². The summed E-state index contributed by atoms with van der Waals surface area (Å²) in [5.74, 6) is -0.0383. The van der Waals surface area contributed by atoms with Gasteiger partial charge in [-0.05, 0) is 31.0 Å². The molecule has 1 unspecified atom stereocenters. The van der Waals surface area contributed by atoms with Crippen molar-refractivity contribution in [2.45, 2.75) is 18.9 Å². The standard InChI is InChI=1S/C15H17FN2O/c1-15(19,12-6-3-2-4-7-12)10-11-17-14-9-5-8-13(16)18-14/h2-9,19H,10-11H2,1H3,(H,17,18). The van der Waals surface area contributed by atoms with Gasteiger partial charge in [0.25, 0.3) is 0 Å². The first-order valence-corrected chi connectivity index (χ1v) is 6.22. The zero-order chi connectivity index (χ0) is 13.7. The van der Waals surface area contributed by atoms with Gasteiger partial charge in [-0.1, -0.05) is 36.4 Å². The fourth-order valence-corrected chi connectivity index (χ4v) is 1.88. The van der Waals surface area contributed by atoms with E-state index in [2.05, 4.69) is 10.3 Å². The molecular weight excluding hydrogens is 243 g/mol. The fraction of sp³-hybridized carbons (Fsp3) is 0.267. The van der Waals surface area contributed by atoms with Gasteiger partial charge in [0.2, 0.25) is 5.95 Å². The Balaban J connectivity index is 1.92. The highest BCUT2D eigenvalue weighted by molar-refractivity contribution is 5.33. The van der Waals surface area contributed by atoms with Gasteiger partial charge in [0.1, 0.15) is 5.82 Å². The minimum atomic E-state index is -0.915. The van der Waals surface area contributed by atoms with Crippen LogP contribution >= 0.6 is 0 Å². The molecule has 0 aliphatic rings. The van der Waals surface area contributed by atoms with Crippen molar-refractivity contribution >= 4 is 5.82 Å². The SMILES string of the molecule is CC(O)(CCNc1cccc(F)n1)c1ccccc1. The Morgan fingerprint density at radius 2 is 1.89 bits per heavy atom. The van der Waals surface area contributed by atoms with Crippen molar-refractivity contribution in [2.75, 3.05) is 11.9 Å². The lowest BCUT2D eigenvalue weighted by Gasteiger charge is -2.24. The minimum absolute atomic E-state index is 0.476. The van der Waals surface area contributed by atoms with Crippen LogP contribution < -0.4 is 5.32 Å². The minimum Gasteiger partial charge on any atom is -0.385 e. The second kappa shape index (κ2) is 5.80. The van der Waals surface area contributed by atoms with Gasteiger partial charge in [0.05, 0.1) is 5.60 Å². The van der Waals surface area contributed by atoms with E-state index in [1.54, 1.807) is 19.1 Å². The van der Waals surface area contributed by atoms with Crippen LogP contribution in [0.25, 0.3) is 0 Å². The maximum atomic E-state index is 12.9. The predicted octanol–water partition coefficient (Wildman–Crippen LogP) is 2.93. The van der Waals surface area contributed by atoms with E-state index in [0.717, 1.165) is 5.56 Å². The van der Waals surface area contributed by atoms with Crippen LogP contribution in [0, 0.1) is 5.95 Å². The molecule has 3 nitrogen and oxygen atoms in total. The molecule has 2 N–H and O–H groups in total. The molecule has 1 heterocycles. The molecule has 1 atom stereocenters. The largest absolute Gasteiger partial charge is 0.385 e. The molecule has 2 aromatic rings. The molecule has 100 valence electrons. The lowest BCUT2D eigenvalue weighted by atomic mass is 9.93. The van der Waals surface area contributed by atoms with Crippen LogP contribution in [0.1, 0.15) is 18.9 Å². The van der Waals surface area contributed by atoms with Gasteiger partial charge in [-0.25, -0.2) is 4.98 Å². The summed E-state index contributed by atoms with van der Waals surface area (Å²) in [6.07, 6.45) is 0.509. The Morgan fingerprint density at radius 1 is 1.16 bits per heavy atom. The van der Waals surface area contributed by atoms with Gasteiger partial charge in [-0.3, -0.25) is 0 Å². The third-order valence-electron chi connectivity index (χ3n) is 3.03. The molecule has 1 aromatic heterocycles. The van der Waals surface area contributed by atoms with E-state index in [1.165, 1.54) is 6.07 Å². The summed E-state index contributed by atoms with van der Waals surface area (Å²) < 4.78 is 12.9. The zero-order valence-corrected chi connectivity index (χ0v) is 10.8. The first-order chi connectivity index (χ1) is 9.08. The van der Waals surface area contributed by atoms with Crippen molar-refractivity contribution in [1.29, 1.82) is 0 Å². The molecule has 0 radical (unpaired) electrons. The smallest absolute Gasteiger partial charge is 0.214 e. The highest BCUT2D eigenvalue weighted by Crippen LogP contribution is 2.23. The third-order valence-corrected chi connectivity index (χ3v) is 3.03. The van der Waals surface area contributed by atoms with E-state index in [9.17, 15) is 9.50 Å². The van der Waals surface area contributed by atoms with Gasteiger partial charge in [0, 0.05) is 6.54 Å². The van der Waals surface area contributed by atoms with E-state index < -0.39 is 11.5 Å². The molecule has 0 amide bonds. The number of rotatable bonds is 5. The van der Waals surface area contributed by atoms with Gasteiger partial charge >= 0.3 is 0 Å². The average Bonchev–Trinajstić information content (AvgIpc) is 2.40. The number of benzene rings is 1. The first kappa shape index (κ1) is 13.5. The lowest BCUT2D eigenvalue weighted by molar-refractivity contribution is 0.0515. The Labute approximate surface area is 112 Å². The van der Waals surface area contributed by atoms with Gasteiger partial charge in [-0.2, -0.15) is 4.39 Å². The topological polar surface area (TPSA) is 45.1 Å². The van der Waals surface area contributed by atoms with Gasteiger partial charge < -0.3 is 10.4 Å². The molecule has 1 aromatic carbocycles. The van der Waals surface area contributed by atoms with Crippen molar-refractivity contribution in [3.8, 4) is 0 Å². The van der Waals surface area contributed by atoms with E-state index in [1.807, 2.05) is 30.3 Å². The molecule has 0 saturated carbocycles. The molecule has 0 fully saturated rings. The number of hydrogen-bond acceptors (Lipinski definition) is 3. The molecule has 0 aliphatic carbocycles. The molecular formula is C15H17FN2O. The monoisotopic (exact) mass is 260 g/mol. The Hall–Kier alpha value is -1.94. The van der Waals surface area contributed by atoms with Crippen LogP contribution in [-0.4, -0.2) is 16.6 Å². The quantitative estimate of drug-likeness (QED) is 0.812. The van der Waals surface area contributed by atoms with Crippen LogP contribution in [0.3, 0.4) is 0 Å². The fourth-order valence-electron chi connectivity index (χ4n) is 1.88. The van der Waals surface area contributed by atoms with E-state index >= 15 is 0 Å².